The molecule has 1 fully saturated rings. The third kappa shape index (κ3) is 3.41. The summed E-state index contributed by atoms with van der Waals surface area (Å²) < 4.78 is 7.75. The van der Waals surface area contributed by atoms with Crippen LogP contribution in [0.2, 0.25) is 0 Å². The lowest BCUT2D eigenvalue weighted by Crippen LogP contribution is -2.36. The minimum Gasteiger partial charge on any atom is -0.381 e. The average molecular weight is 411 g/mol. The largest absolute Gasteiger partial charge is 0.381 e. The van der Waals surface area contributed by atoms with Crippen LogP contribution in [0.1, 0.15) is 24.4 Å². The van der Waals surface area contributed by atoms with Gasteiger partial charge in [-0.05, 0) is 65.1 Å². The van der Waals surface area contributed by atoms with Crippen molar-refractivity contribution in [2.75, 3.05) is 13.2 Å². The van der Waals surface area contributed by atoms with Crippen molar-refractivity contribution in [3.63, 3.8) is 0 Å². The summed E-state index contributed by atoms with van der Waals surface area (Å²) in [4.78, 5) is 0. The lowest BCUT2D eigenvalue weighted by molar-refractivity contribution is 0.0535. The molecule has 0 saturated carbocycles. The zero-order chi connectivity index (χ0) is 12.3. The molecule has 0 aliphatic carbocycles. The fraction of sp³-hybridized carbons (Fsp3) is 0.500. The van der Waals surface area contributed by atoms with Gasteiger partial charge >= 0.3 is 0 Å². The molecule has 0 bridgehead atoms. The van der Waals surface area contributed by atoms with E-state index in [0.717, 1.165) is 30.5 Å². The molecule has 1 aliphatic rings. The number of hydrazine groups is 1. The van der Waals surface area contributed by atoms with E-state index < -0.39 is 0 Å². The highest BCUT2D eigenvalue weighted by molar-refractivity contribution is 14.1. The Balaban J connectivity index is 2.24. The Kier molecular flexibility index (Phi) is 5.23. The molecule has 1 atom stereocenters. The van der Waals surface area contributed by atoms with Gasteiger partial charge in [0.25, 0.3) is 0 Å². The van der Waals surface area contributed by atoms with Crippen LogP contribution in [-0.2, 0) is 4.74 Å². The van der Waals surface area contributed by atoms with Gasteiger partial charge in [-0.3, -0.25) is 11.3 Å². The quantitative estimate of drug-likeness (QED) is 0.457. The Bertz CT molecular complexity index is 383. The second-order valence-electron chi connectivity index (χ2n) is 4.26. The van der Waals surface area contributed by atoms with Crippen molar-refractivity contribution in [1.82, 2.24) is 5.43 Å². The second kappa shape index (κ2) is 6.47. The molecule has 3 nitrogen and oxygen atoms in total. The number of nitrogens with one attached hydrogen (secondary N) is 1. The molecule has 1 aliphatic heterocycles. The molecule has 94 valence electrons. The molecular formula is C12H16BrIN2O. The maximum atomic E-state index is 5.75. The van der Waals surface area contributed by atoms with Crippen LogP contribution in [-0.4, -0.2) is 13.2 Å². The zero-order valence-corrected chi connectivity index (χ0v) is 13.2. The van der Waals surface area contributed by atoms with Crippen LogP contribution in [0.4, 0.5) is 0 Å². The van der Waals surface area contributed by atoms with Crippen molar-refractivity contribution in [3.8, 4) is 0 Å². The van der Waals surface area contributed by atoms with Crippen LogP contribution >= 0.6 is 38.5 Å². The normalized spacial score (nSPS) is 19.2. The summed E-state index contributed by atoms with van der Waals surface area (Å²) in [5, 5.41) is 0. The Morgan fingerprint density at radius 3 is 2.76 bits per heavy atom. The van der Waals surface area contributed by atoms with E-state index in [0.29, 0.717) is 5.92 Å². The molecule has 1 saturated heterocycles. The first-order valence-corrected chi connectivity index (χ1v) is 7.58. The molecular weight excluding hydrogens is 395 g/mol. The molecule has 1 unspecified atom stereocenters. The number of rotatable bonds is 3. The van der Waals surface area contributed by atoms with Crippen molar-refractivity contribution in [1.29, 1.82) is 0 Å². The van der Waals surface area contributed by atoms with Crippen LogP contribution in [0.5, 0.6) is 0 Å². The minimum atomic E-state index is 0.211. The molecule has 0 amide bonds. The van der Waals surface area contributed by atoms with Gasteiger partial charge in [0, 0.05) is 21.3 Å². The van der Waals surface area contributed by atoms with Gasteiger partial charge < -0.3 is 4.74 Å². The lowest BCUT2D eigenvalue weighted by Gasteiger charge is -2.30. The van der Waals surface area contributed by atoms with E-state index in [9.17, 15) is 0 Å². The Morgan fingerprint density at radius 2 is 2.12 bits per heavy atom. The summed E-state index contributed by atoms with van der Waals surface area (Å²) in [6.45, 7) is 1.68. The maximum absolute atomic E-state index is 5.75. The van der Waals surface area contributed by atoms with Gasteiger partial charge in [-0.2, -0.15) is 0 Å². The average Bonchev–Trinajstić information content (AvgIpc) is 2.36. The summed E-state index contributed by atoms with van der Waals surface area (Å²) >= 11 is 5.89. The summed E-state index contributed by atoms with van der Waals surface area (Å²) in [6.07, 6.45) is 2.13. The Hall–Kier alpha value is 0.310. The molecule has 2 rings (SSSR count). The van der Waals surface area contributed by atoms with E-state index in [1.165, 1.54) is 9.13 Å². The summed E-state index contributed by atoms with van der Waals surface area (Å²) in [7, 11) is 0. The standard InChI is InChI=1S/C12H16BrIN2O/c13-9-1-2-11(14)10(7-9)12(16-15)8-3-5-17-6-4-8/h1-2,7-8,12,16H,3-6,15H2. The molecule has 1 aromatic carbocycles. The zero-order valence-electron chi connectivity index (χ0n) is 9.46. The molecule has 17 heavy (non-hydrogen) atoms. The van der Waals surface area contributed by atoms with E-state index in [-0.39, 0.29) is 6.04 Å². The van der Waals surface area contributed by atoms with E-state index in [1.54, 1.807) is 0 Å². The molecule has 5 heteroatoms. The first kappa shape index (κ1) is 13.7. The first-order chi connectivity index (χ1) is 8.22. The van der Waals surface area contributed by atoms with E-state index >= 15 is 0 Å². The molecule has 3 N–H and O–H groups in total. The minimum absolute atomic E-state index is 0.211. The molecule has 0 aromatic heterocycles. The van der Waals surface area contributed by atoms with Crippen LogP contribution in [0.15, 0.2) is 22.7 Å². The van der Waals surface area contributed by atoms with Crippen LogP contribution in [0, 0.1) is 9.49 Å². The lowest BCUT2D eigenvalue weighted by atomic mass is 9.87. The van der Waals surface area contributed by atoms with Gasteiger partial charge in [0.2, 0.25) is 0 Å². The van der Waals surface area contributed by atoms with E-state index in [1.807, 2.05) is 0 Å². The van der Waals surface area contributed by atoms with Gasteiger partial charge in [-0.15, -0.1) is 0 Å². The molecule has 1 heterocycles. The highest BCUT2D eigenvalue weighted by Crippen LogP contribution is 2.33. The number of hydrogen-bond donors (Lipinski definition) is 2. The maximum Gasteiger partial charge on any atom is 0.0500 e. The van der Waals surface area contributed by atoms with Crippen molar-refractivity contribution in [2.24, 2.45) is 11.8 Å². The highest BCUT2D eigenvalue weighted by Gasteiger charge is 2.26. The van der Waals surface area contributed by atoms with E-state index in [4.69, 9.17) is 10.6 Å². The first-order valence-electron chi connectivity index (χ1n) is 5.71. The predicted octanol–water partition coefficient (Wildman–Crippen LogP) is 2.98. The second-order valence-corrected chi connectivity index (χ2v) is 6.34. The Labute approximate surface area is 124 Å². The Morgan fingerprint density at radius 1 is 1.41 bits per heavy atom. The van der Waals surface area contributed by atoms with Crippen LogP contribution in [0.25, 0.3) is 0 Å². The van der Waals surface area contributed by atoms with Gasteiger partial charge in [-0.1, -0.05) is 15.9 Å². The van der Waals surface area contributed by atoms with Gasteiger partial charge in [0.05, 0.1) is 6.04 Å². The van der Waals surface area contributed by atoms with Crippen molar-refractivity contribution in [2.45, 2.75) is 18.9 Å². The summed E-state index contributed by atoms with van der Waals surface area (Å²) in [5.41, 5.74) is 4.25. The smallest absolute Gasteiger partial charge is 0.0500 e. The third-order valence-corrected chi connectivity index (χ3v) is 4.69. The third-order valence-electron chi connectivity index (χ3n) is 3.21. The number of hydrogen-bond acceptors (Lipinski definition) is 3. The van der Waals surface area contributed by atoms with Gasteiger partial charge in [-0.25, -0.2) is 0 Å². The van der Waals surface area contributed by atoms with Crippen molar-refractivity contribution >= 4 is 38.5 Å². The topological polar surface area (TPSA) is 47.3 Å². The fourth-order valence-corrected chi connectivity index (χ4v) is 3.33. The van der Waals surface area contributed by atoms with E-state index in [2.05, 4.69) is 62.1 Å². The van der Waals surface area contributed by atoms with Crippen molar-refractivity contribution in [3.05, 3.63) is 31.8 Å². The number of benzene rings is 1. The summed E-state index contributed by atoms with van der Waals surface area (Å²) in [5.74, 6) is 6.30. The monoisotopic (exact) mass is 410 g/mol. The van der Waals surface area contributed by atoms with Gasteiger partial charge in [0.15, 0.2) is 0 Å². The van der Waals surface area contributed by atoms with Crippen LogP contribution < -0.4 is 11.3 Å². The molecule has 1 aromatic rings. The molecule has 0 radical (unpaired) electrons. The van der Waals surface area contributed by atoms with Crippen molar-refractivity contribution < 1.29 is 4.74 Å². The number of halogens is 2. The number of ether oxygens (including phenoxy) is 1. The summed E-state index contributed by atoms with van der Waals surface area (Å²) in [6, 6.07) is 6.54. The SMILES string of the molecule is NNC(c1cc(Br)ccc1I)C1CCOCC1. The predicted molar refractivity (Wildman–Crippen MR) is 80.5 cm³/mol. The fourth-order valence-electron chi connectivity index (χ4n) is 2.28. The number of nitrogens with two attached hydrogens (primary N) is 1. The van der Waals surface area contributed by atoms with Gasteiger partial charge in [0.1, 0.15) is 0 Å². The highest BCUT2D eigenvalue weighted by atomic mass is 127. The van der Waals surface area contributed by atoms with Crippen LogP contribution in [0.3, 0.4) is 0 Å². The molecule has 0 spiro atoms.